The third-order valence-corrected chi connectivity index (χ3v) is 12.2. The molecule has 9 heteroatoms. The number of amides is 1. The molecule has 0 bridgehead atoms. The summed E-state index contributed by atoms with van der Waals surface area (Å²) in [5, 5.41) is 54.4. The van der Waals surface area contributed by atoms with E-state index in [0.717, 1.165) is 38.5 Å². The highest BCUT2D eigenvalue weighted by Crippen LogP contribution is 2.23. The van der Waals surface area contributed by atoms with Gasteiger partial charge in [0.25, 0.3) is 0 Å². The SMILES string of the molecule is CCCCCCCCCCCCCCCCCCCCCCCCC(=O)N[C@@H](CO[C@H]1O[C@@H](CO)[C@H](O)C(O)C1O)[C@H](O)CCCCCCCCCCCCCC. The van der Waals surface area contributed by atoms with Crippen LogP contribution in [0.1, 0.15) is 245 Å². The normalized spacial score (nSPS) is 20.9. The number of hydrogen-bond donors (Lipinski definition) is 6. The smallest absolute Gasteiger partial charge is 0.220 e. The summed E-state index contributed by atoms with van der Waals surface area (Å²) in [6, 6.07) is -0.711. The number of unbranched alkanes of at least 4 members (excludes halogenated alkanes) is 32. The van der Waals surface area contributed by atoms with E-state index >= 15 is 0 Å². The number of ether oxygens (including phenoxy) is 2. The first-order valence-electron chi connectivity index (χ1n) is 24.7. The second-order valence-corrected chi connectivity index (χ2v) is 17.6. The molecule has 0 saturated carbocycles. The van der Waals surface area contributed by atoms with Crippen molar-refractivity contribution < 1.29 is 39.8 Å². The minimum atomic E-state index is -1.55. The Morgan fingerprint density at radius 3 is 1.25 bits per heavy atom. The second-order valence-electron chi connectivity index (χ2n) is 17.6. The van der Waals surface area contributed by atoms with Crippen molar-refractivity contribution in [3.63, 3.8) is 0 Å². The highest BCUT2D eigenvalue weighted by molar-refractivity contribution is 5.76. The molecule has 0 radical (unpaired) electrons. The maximum atomic E-state index is 13.0. The van der Waals surface area contributed by atoms with Crippen LogP contribution in [0.5, 0.6) is 0 Å². The van der Waals surface area contributed by atoms with Gasteiger partial charge in [-0.3, -0.25) is 4.79 Å². The van der Waals surface area contributed by atoms with Crippen molar-refractivity contribution in [1.82, 2.24) is 5.32 Å². The first kappa shape index (κ1) is 54.2. The van der Waals surface area contributed by atoms with E-state index in [1.165, 1.54) is 180 Å². The molecule has 2 unspecified atom stereocenters. The Morgan fingerprint density at radius 2 is 0.877 bits per heavy atom. The van der Waals surface area contributed by atoms with Crippen LogP contribution in [0.2, 0.25) is 0 Å². The third kappa shape index (κ3) is 30.0. The van der Waals surface area contributed by atoms with Crippen LogP contribution in [-0.4, -0.2) is 87.5 Å². The van der Waals surface area contributed by atoms with Crippen LogP contribution in [0, 0.1) is 0 Å². The molecule has 1 aliphatic heterocycles. The standard InChI is InChI=1S/C48H95NO8/c1-3-5-7-9-11-13-15-17-18-19-20-21-22-23-24-25-26-28-30-32-34-36-38-44(52)49-41(40-56-48-47(55)46(54)45(53)43(39-50)57-48)42(51)37-35-33-31-29-27-16-14-12-10-8-6-4-2/h41-43,45-48,50-51,53-55H,3-40H2,1-2H3,(H,49,52)/t41-,42+,43-,45-,46?,47?,48-/m0/s1. The van der Waals surface area contributed by atoms with Gasteiger partial charge in [-0.05, 0) is 12.8 Å². The zero-order chi connectivity index (χ0) is 41.6. The van der Waals surface area contributed by atoms with Crippen molar-refractivity contribution in [2.45, 2.75) is 288 Å². The van der Waals surface area contributed by atoms with Crippen LogP contribution in [0.4, 0.5) is 0 Å². The maximum Gasteiger partial charge on any atom is 0.220 e. The van der Waals surface area contributed by atoms with Gasteiger partial charge in [-0.1, -0.05) is 226 Å². The Kier molecular flexibility index (Phi) is 37.4. The van der Waals surface area contributed by atoms with Crippen LogP contribution in [-0.2, 0) is 14.3 Å². The summed E-state index contributed by atoms with van der Waals surface area (Å²) in [6.45, 7) is 3.85. The molecule has 6 N–H and O–H groups in total. The van der Waals surface area contributed by atoms with Crippen molar-refractivity contribution in [2.24, 2.45) is 0 Å². The van der Waals surface area contributed by atoms with E-state index in [4.69, 9.17) is 9.47 Å². The van der Waals surface area contributed by atoms with Crippen LogP contribution >= 0.6 is 0 Å². The third-order valence-electron chi connectivity index (χ3n) is 12.2. The molecule has 1 rings (SSSR count). The average molecular weight is 814 g/mol. The van der Waals surface area contributed by atoms with Crippen molar-refractivity contribution in [3.05, 3.63) is 0 Å². The van der Waals surface area contributed by atoms with Crippen LogP contribution in [0.3, 0.4) is 0 Å². The molecule has 0 aliphatic carbocycles. The lowest BCUT2D eigenvalue weighted by molar-refractivity contribution is -0.302. The van der Waals surface area contributed by atoms with E-state index in [9.17, 15) is 30.3 Å². The molecule has 1 aliphatic rings. The lowest BCUT2D eigenvalue weighted by Gasteiger charge is -2.40. The van der Waals surface area contributed by atoms with E-state index in [1.54, 1.807) is 0 Å². The largest absolute Gasteiger partial charge is 0.394 e. The molecular formula is C48H95NO8. The average Bonchev–Trinajstić information content (AvgIpc) is 3.21. The lowest BCUT2D eigenvalue weighted by Crippen LogP contribution is -2.60. The monoisotopic (exact) mass is 814 g/mol. The van der Waals surface area contributed by atoms with Gasteiger partial charge in [-0.25, -0.2) is 0 Å². The highest BCUT2D eigenvalue weighted by atomic mass is 16.7. The molecule has 7 atom stereocenters. The van der Waals surface area contributed by atoms with Gasteiger partial charge in [0.15, 0.2) is 6.29 Å². The lowest BCUT2D eigenvalue weighted by atomic mass is 9.99. The molecule has 0 aromatic heterocycles. The molecule has 0 spiro atoms. The zero-order valence-corrected chi connectivity index (χ0v) is 37.4. The van der Waals surface area contributed by atoms with Crippen molar-refractivity contribution in [1.29, 1.82) is 0 Å². The van der Waals surface area contributed by atoms with Gasteiger partial charge >= 0.3 is 0 Å². The summed E-state index contributed by atoms with van der Waals surface area (Å²) in [7, 11) is 0. The Labute approximate surface area is 351 Å². The van der Waals surface area contributed by atoms with Crippen molar-refractivity contribution >= 4 is 5.91 Å². The number of carbonyl (C=O) groups is 1. The van der Waals surface area contributed by atoms with Crippen molar-refractivity contribution in [3.8, 4) is 0 Å². The quantitative estimate of drug-likeness (QED) is 0.0334. The van der Waals surface area contributed by atoms with Crippen molar-refractivity contribution in [2.75, 3.05) is 13.2 Å². The van der Waals surface area contributed by atoms with E-state index in [0.29, 0.717) is 12.8 Å². The molecular weight excluding hydrogens is 719 g/mol. The van der Waals surface area contributed by atoms with Gasteiger partial charge in [0, 0.05) is 6.42 Å². The molecule has 0 aromatic carbocycles. The predicted octanol–water partition coefficient (Wildman–Crippen LogP) is 10.7. The van der Waals surface area contributed by atoms with Gasteiger partial charge < -0.3 is 40.3 Å². The number of aliphatic hydroxyl groups excluding tert-OH is 5. The summed E-state index contributed by atoms with van der Waals surface area (Å²) in [6.07, 6.45) is 36.9. The van der Waals surface area contributed by atoms with E-state index < -0.39 is 49.5 Å². The summed E-state index contributed by atoms with van der Waals surface area (Å²) in [5.41, 5.74) is 0. The summed E-state index contributed by atoms with van der Waals surface area (Å²) in [4.78, 5) is 13.0. The Bertz CT molecular complexity index is 862. The molecule has 1 amide bonds. The minimum Gasteiger partial charge on any atom is -0.394 e. The Hall–Kier alpha value is -0.810. The maximum absolute atomic E-state index is 13.0. The molecule has 1 heterocycles. The molecule has 0 aromatic rings. The minimum absolute atomic E-state index is 0.132. The van der Waals surface area contributed by atoms with Gasteiger partial charge in [0.1, 0.15) is 24.4 Å². The van der Waals surface area contributed by atoms with Crippen LogP contribution in [0.15, 0.2) is 0 Å². The molecule has 340 valence electrons. The van der Waals surface area contributed by atoms with Gasteiger partial charge in [-0.2, -0.15) is 0 Å². The Morgan fingerprint density at radius 1 is 0.526 bits per heavy atom. The molecule has 57 heavy (non-hydrogen) atoms. The van der Waals surface area contributed by atoms with E-state index in [1.807, 2.05) is 0 Å². The van der Waals surface area contributed by atoms with Crippen LogP contribution in [0.25, 0.3) is 0 Å². The zero-order valence-electron chi connectivity index (χ0n) is 37.4. The van der Waals surface area contributed by atoms with Gasteiger partial charge in [0.2, 0.25) is 5.91 Å². The molecule has 1 fully saturated rings. The number of carbonyl (C=O) groups excluding carboxylic acids is 1. The number of nitrogens with one attached hydrogen (secondary N) is 1. The number of rotatable bonds is 42. The summed E-state index contributed by atoms with van der Waals surface area (Å²) >= 11 is 0. The molecule has 9 nitrogen and oxygen atoms in total. The van der Waals surface area contributed by atoms with E-state index in [2.05, 4.69) is 19.2 Å². The number of aliphatic hydroxyl groups is 5. The molecule has 1 saturated heterocycles. The fourth-order valence-electron chi connectivity index (χ4n) is 8.22. The topological polar surface area (TPSA) is 149 Å². The van der Waals surface area contributed by atoms with E-state index in [-0.39, 0.29) is 12.5 Å². The van der Waals surface area contributed by atoms with Gasteiger partial charge in [0.05, 0.1) is 25.4 Å². The highest BCUT2D eigenvalue weighted by Gasteiger charge is 2.44. The predicted molar refractivity (Wildman–Crippen MR) is 235 cm³/mol. The fraction of sp³-hybridized carbons (Fsp3) is 0.979. The van der Waals surface area contributed by atoms with Crippen LogP contribution < -0.4 is 5.32 Å². The summed E-state index contributed by atoms with van der Waals surface area (Å²) < 4.78 is 11.3. The Balaban J connectivity index is 2.22. The van der Waals surface area contributed by atoms with Gasteiger partial charge in [-0.15, -0.1) is 0 Å². The summed E-state index contributed by atoms with van der Waals surface area (Å²) in [5.74, 6) is -0.140. The second kappa shape index (κ2) is 39.3. The first-order valence-corrected chi connectivity index (χ1v) is 24.7. The fourth-order valence-corrected chi connectivity index (χ4v) is 8.22. The first-order chi connectivity index (χ1) is 27.8. The number of hydrogen-bond acceptors (Lipinski definition) is 8.